The van der Waals surface area contributed by atoms with Crippen molar-refractivity contribution in [3.63, 3.8) is 0 Å². The van der Waals surface area contributed by atoms with Crippen molar-refractivity contribution in [1.82, 2.24) is 4.68 Å². The fourth-order valence-corrected chi connectivity index (χ4v) is 3.01. The fraction of sp³-hybridized carbons (Fsp3) is 0.647. The smallest absolute Gasteiger partial charge is 0.146 e. The molecule has 1 aliphatic carbocycles. The quantitative estimate of drug-likeness (QED) is 0.740. The first-order valence-electron chi connectivity index (χ1n) is 8.02. The van der Waals surface area contributed by atoms with Crippen molar-refractivity contribution >= 4 is 5.84 Å². The van der Waals surface area contributed by atoms with Gasteiger partial charge in [0, 0.05) is 11.6 Å². The van der Waals surface area contributed by atoms with Crippen LogP contribution >= 0.6 is 0 Å². The number of hydrogen-bond donors (Lipinski definition) is 3. The van der Waals surface area contributed by atoms with Crippen LogP contribution in [0.25, 0.3) is 0 Å². The van der Waals surface area contributed by atoms with E-state index in [2.05, 4.69) is 29.5 Å². The molecule has 1 aromatic heterocycles. The Morgan fingerprint density at radius 3 is 2.70 bits per heavy atom. The van der Waals surface area contributed by atoms with Crippen LogP contribution < -0.4 is 11.2 Å². The fourth-order valence-electron chi connectivity index (χ4n) is 3.01. The average molecular weight is 317 g/mol. The number of aromatic nitrogens is 1. The molecule has 0 saturated heterocycles. The van der Waals surface area contributed by atoms with E-state index in [4.69, 9.17) is 10.8 Å². The minimum atomic E-state index is -0.500. The molecule has 2 heterocycles. The SMILES string of the molecule is CC(C)(C)O.CC1(C#N)CCC(c2ccc3n2NCN=C3N)C1. The molecule has 6 heteroatoms. The number of aliphatic imine (C=N–C) groups is 1. The molecular weight excluding hydrogens is 290 g/mol. The Morgan fingerprint density at radius 2 is 2.13 bits per heavy atom. The minimum Gasteiger partial charge on any atom is -0.391 e. The lowest BCUT2D eigenvalue weighted by Gasteiger charge is -2.21. The Labute approximate surface area is 138 Å². The molecule has 0 amide bonds. The first kappa shape index (κ1) is 17.4. The summed E-state index contributed by atoms with van der Waals surface area (Å²) in [5.74, 6) is 1.02. The molecule has 1 saturated carbocycles. The van der Waals surface area contributed by atoms with Crippen LogP contribution in [0.15, 0.2) is 17.1 Å². The molecule has 1 aliphatic heterocycles. The number of nitrogens with zero attached hydrogens (tertiary/aromatic N) is 3. The summed E-state index contributed by atoms with van der Waals surface area (Å²) in [6.45, 7) is 7.80. The van der Waals surface area contributed by atoms with Gasteiger partial charge in [-0.05, 0) is 59.1 Å². The molecule has 126 valence electrons. The van der Waals surface area contributed by atoms with Gasteiger partial charge in [0.2, 0.25) is 0 Å². The Kier molecular flexibility index (Phi) is 4.71. The van der Waals surface area contributed by atoms with Crippen LogP contribution in [0.3, 0.4) is 0 Å². The van der Waals surface area contributed by atoms with E-state index in [0.717, 1.165) is 25.0 Å². The highest BCUT2D eigenvalue weighted by Crippen LogP contribution is 2.46. The van der Waals surface area contributed by atoms with Gasteiger partial charge in [0.25, 0.3) is 0 Å². The lowest BCUT2D eigenvalue weighted by atomic mass is 9.89. The Hall–Kier alpha value is -2.00. The molecule has 23 heavy (non-hydrogen) atoms. The highest BCUT2D eigenvalue weighted by Gasteiger charge is 2.37. The van der Waals surface area contributed by atoms with Crippen molar-refractivity contribution in [2.45, 2.75) is 58.5 Å². The van der Waals surface area contributed by atoms with E-state index in [0.29, 0.717) is 18.4 Å². The minimum absolute atomic E-state index is 0.177. The van der Waals surface area contributed by atoms with Crippen LogP contribution in [0.2, 0.25) is 0 Å². The molecule has 0 radical (unpaired) electrons. The summed E-state index contributed by atoms with van der Waals surface area (Å²) >= 11 is 0. The van der Waals surface area contributed by atoms with Crippen LogP contribution in [0.4, 0.5) is 0 Å². The molecule has 0 spiro atoms. The van der Waals surface area contributed by atoms with Crippen molar-refractivity contribution in [2.75, 3.05) is 12.1 Å². The van der Waals surface area contributed by atoms with E-state index in [9.17, 15) is 5.26 Å². The highest BCUT2D eigenvalue weighted by molar-refractivity contribution is 5.97. The van der Waals surface area contributed by atoms with Crippen molar-refractivity contribution in [1.29, 1.82) is 5.26 Å². The Morgan fingerprint density at radius 1 is 1.48 bits per heavy atom. The molecule has 1 fully saturated rings. The number of amidine groups is 1. The van der Waals surface area contributed by atoms with E-state index in [1.165, 1.54) is 5.69 Å². The van der Waals surface area contributed by atoms with Gasteiger partial charge in [0.1, 0.15) is 18.2 Å². The van der Waals surface area contributed by atoms with Gasteiger partial charge in [-0.2, -0.15) is 5.26 Å². The predicted molar refractivity (Wildman–Crippen MR) is 91.7 cm³/mol. The number of nitrogens with one attached hydrogen (secondary N) is 1. The van der Waals surface area contributed by atoms with Crippen molar-refractivity contribution in [2.24, 2.45) is 16.1 Å². The van der Waals surface area contributed by atoms with E-state index >= 15 is 0 Å². The molecule has 2 atom stereocenters. The third-order valence-corrected chi connectivity index (χ3v) is 4.08. The van der Waals surface area contributed by atoms with Crippen LogP contribution in [-0.2, 0) is 0 Å². The van der Waals surface area contributed by atoms with E-state index in [1.807, 2.05) is 10.7 Å². The number of nitrogens with two attached hydrogens (primary N) is 1. The summed E-state index contributed by atoms with van der Waals surface area (Å²) in [4.78, 5) is 4.17. The van der Waals surface area contributed by atoms with Crippen LogP contribution in [-0.4, -0.2) is 27.9 Å². The molecule has 0 bridgehead atoms. The second-order valence-electron chi connectivity index (χ2n) is 7.62. The summed E-state index contributed by atoms with van der Waals surface area (Å²) in [6.07, 6.45) is 2.95. The van der Waals surface area contributed by atoms with Gasteiger partial charge in [-0.15, -0.1) is 0 Å². The number of hydrogen-bond acceptors (Lipinski definition) is 5. The third-order valence-electron chi connectivity index (χ3n) is 4.08. The maximum absolute atomic E-state index is 9.21. The molecule has 0 aromatic carbocycles. The monoisotopic (exact) mass is 317 g/mol. The van der Waals surface area contributed by atoms with Gasteiger partial charge in [-0.1, -0.05) is 0 Å². The van der Waals surface area contributed by atoms with Gasteiger partial charge < -0.3 is 16.3 Å². The van der Waals surface area contributed by atoms with Gasteiger partial charge in [-0.3, -0.25) is 4.68 Å². The summed E-state index contributed by atoms with van der Waals surface area (Å²) in [6, 6.07) is 6.55. The first-order valence-corrected chi connectivity index (χ1v) is 8.02. The standard InChI is InChI=1S/C13H17N5.C4H10O/c1-13(7-14)5-4-9(6-13)10-2-3-11-12(15)16-8-17-18(10)11;1-4(2,3)5/h2-3,9,17H,4-6,8H2,1H3,(H2,15,16);5H,1-3H3. The van der Waals surface area contributed by atoms with Gasteiger partial charge in [0.15, 0.2) is 0 Å². The molecule has 1 aromatic rings. The number of aliphatic hydroxyl groups is 1. The van der Waals surface area contributed by atoms with Gasteiger partial charge >= 0.3 is 0 Å². The second kappa shape index (κ2) is 6.25. The average Bonchev–Trinajstić information content (AvgIpc) is 3.02. The van der Waals surface area contributed by atoms with Gasteiger partial charge in [0.05, 0.1) is 17.1 Å². The zero-order valence-corrected chi connectivity index (χ0v) is 14.4. The lowest BCUT2D eigenvalue weighted by molar-refractivity contribution is 0.102. The number of fused-ring (bicyclic) bond motifs is 1. The normalized spacial score (nSPS) is 26.3. The second-order valence-corrected chi connectivity index (χ2v) is 7.62. The maximum Gasteiger partial charge on any atom is 0.146 e. The Bertz CT molecular complexity index is 628. The summed E-state index contributed by atoms with van der Waals surface area (Å²) in [7, 11) is 0. The lowest BCUT2D eigenvalue weighted by Crippen LogP contribution is -2.32. The topological polar surface area (TPSA) is 99.4 Å². The number of rotatable bonds is 1. The molecule has 2 unspecified atom stereocenters. The first-order chi connectivity index (χ1) is 10.6. The van der Waals surface area contributed by atoms with E-state index < -0.39 is 5.60 Å². The summed E-state index contributed by atoms with van der Waals surface area (Å²) < 4.78 is 2.04. The Balaban J connectivity index is 0.000000338. The third kappa shape index (κ3) is 4.26. The maximum atomic E-state index is 9.21. The molecule has 4 N–H and O–H groups in total. The predicted octanol–water partition coefficient (Wildman–Crippen LogP) is 2.28. The zero-order chi connectivity index (χ0) is 17.3. The molecule has 6 nitrogen and oxygen atoms in total. The zero-order valence-electron chi connectivity index (χ0n) is 14.4. The molecular formula is C17H27N5O. The van der Waals surface area contributed by atoms with Crippen molar-refractivity contribution < 1.29 is 5.11 Å². The van der Waals surface area contributed by atoms with Crippen molar-refractivity contribution in [3.05, 3.63) is 23.5 Å². The van der Waals surface area contributed by atoms with Crippen LogP contribution in [0.1, 0.15) is 64.3 Å². The van der Waals surface area contributed by atoms with Crippen LogP contribution in [0, 0.1) is 16.7 Å². The summed E-state index contributed by atoms with van der Waals surface area (Å²) in [5, 5.41) is 17.7. The largest absolute Gasteiger partial charge is 0.391 e. The van der Waals surface area contributed by atoms with E-state index in [-0.39, 0.29) is 5.41 Å². The van der Waals surface area contributed by atoms with Crippen molar-refractivity contribution in [3.8, 4) is 6.07 Å². The molecule has 2 aliphatic rings. The van der Waals surface area contributed by atoms with Gasteiger partial charge in [-0.25, -0.2) is 4.99 Å². The highest BCUT2D eigenvalue weighted by atomic mass is 16.3. The van der Waals surface area contributed by atoms with Crippen LogP contribution in [0.5, 0.6) is 0 Å². The summed E-state index contributed by atoms with van der Waals surface area (Å²) in [5.41, 5.74) is 10.6. The number of nitriles is 1. The van der Waals surface area contributed by atoms with E-state index in [1.54, 1.807) is 20.8 Å². The molecule has 3 rings (SSSR count).